The first-order chi connectivity index (χ1) is 8.95. The molecule has 0 aromatic carbocycles. The molecule has 0 bridgehead atoms. The van der Waals surface area contributed by atoms with Crippen molar-refractivity contribution in [2.24, 2.45) is 0 Å². The summed E-state index contributed by atoms with van der Waals surface area (Å²) in [4.78, 5) is 0. The van der Waals surface area contributed by atoms with Gasteiger partial charge in [-0.15, -0.1) is 0 Å². The molecule has 2 saturated heterocycles. The zero-order valence-corrected chi connectivity index (χ0v) is 11.9. The van der Waals surface area contributed by atoms with Crippen LogP contribution in [-0.2, 0) is 0 Å². The van der Waals surface area contributed by atoms with Gasteiger partial charge in [0.15, 0.2) is 5.50 Å². The smallest absolute Gasteiger partial charge is 0.156 e. The van der Waals surface area contributed by atoms with E-state index in [9.17, 15) is 0 Å². The summed E-state index contributed by atoms with van der Waals surface area (Å²) >= 11 is 0. The van der Waals surface area contributed by atoms with Crippen LogP contribution in [0.15, 0.2) is 22.8 Å². The van der Waals surface area contributed by atoms with Crippen molar-refractivity contribution in [1.82, 2.24) is 9.34 Å². The van der Waals surface area contributed by atoms with E-state index in [1.54, 1.807) is 0 Å². The molecule has 3 heterocycles. The van der Waals surface area contributed by atoms with E-state index in [2.05, 4.69) is 15.4 Å². The summed E-state index contributed by atoms with van der Waals surface area (Å²) in [5.41, 5.74) is 1.20. The van der Waals surface area contributed by atoms with Crippen molar-refractivity contribution in [2.45, 2.75) is 38.5 Å². The average molecular weight is 266 g/mol. The zero-order chi connectivity index (χ0) is 12.2. The van der Waals surface area contributed by atoms with E-state index < -0.39 is 0 Å². The van der Waals surface area contributed by atoms with Crippen LogP contribution in [0.2, 0.25) is 0 Å². The molecule has 0 atom stereocenters. The lowest BCUT2D eigenvalue weighted by Crippen LogP contribution is -2.38. The summed E-state index contributed by atoms with van der Waals surface area (Å²) < 4.78 is 11.1. The van der Waals surface area contributed by atoms with Crippen molar-refractivity contribution in [3.8, 4) is 0 Å². The molecule has 4 heteroatoms. The SMILES string of the molecule is c1coc(P(N2CCCCC2)N2CCCCC2)c1. The lowest BCUT2D eigenvalue weighted by Gasteiger charge is -2.41. The van der Waals surface area contributed by atoms with Crippen molar-refractivity contribution < 1.29 is 4.42 Å². The number of rotatable bonds is 3. The molecule has 0 spiro atoms. The molecule has 100 valence electrons. The van der Waals surface area contributed by atoms with Gasteiger partial charge in [-0.05, 0) is 37.8 Å². The second-order valence-corrected chi connectivity index (χ2v) is 7.42. The highest BCUT2D eigenvalue weighted by Crippen LogP contribution is 2.46. The van der Waals surface area contributed by atoms with E-state index in [4.69, 9.17) is 4.42 Å². The monoisotopic (exact) mass is 266 g/mol. The first kappa shape index (κ1) is 12.7. The van der Waals surface area contributed by atoms with Gasteiger partial charge >= 0.3 is 0 Å². The van der Waals surface area contributed by atoms with E-state index in [1.807, 2.05) is 12.3 Å². The molecule has 0 radical (unpaired) electrons. The van der Waals surface area contributed by atoms with E-state index in [1.165, 1.54) is 70.2 Å². The van der Waals surface area contributed by atoms with Gasteiger partial charge < -0.3 is 4.42 Å². The fourth-order valence-electron chi connectivity index (χ4n) is 2.97. The van der Waals surface area contributed by atoms with E-state index in [-0.39, 0.29) is 8.22 Å². The Kier molecular flexibility index (Phi) is 4.35. The molecule has 2 fully saturated rings. The fraction of sp³-hybridized carbons (Fsp3) is 0.714. The Bertz CT molecular complexity index is 325. The minimum Gasteiger partial charge on any atom is -0.462 e. The highest BCUT2D eigenvalue weighted by Gasteiger charge is 2.31. The summed E-state index contributed by atoms with van der Waals surface area (Å²) in [7, 11) is -0.355. The van der Waals surface area contributed by atoms with Gasteiger partial charge in [0, 0.05) is 26.2 Å². The number of furan rings is 1. The lowest BCUT2D eigenvalue weighted by atomic mass is 10.2. The Balaban J connectivity index is 1.78. The second-order valence-electron chi connectivity index (χ2n) is 5.27. The third-order valence-corrected chi connectivity index (χ3v) is 6.42. The topological polar surface area (TPSA) is 19.6 Å². The standard InChI is InChI=1S/C14H23N2OP/c1-3-9-15(10-4-1)18(14-8-7-13-17-14)16-11-5-2-6-12-16/h7-8,13H,1-6,9-12H2. The molecule has 0 N–H and O–H groups in total. The molecule has 1 aromatic rings. The predicted octanol–water partition coefficient (Wildman–Crippen LogP) is 3.19. The zero-order valence-electron chi connectivity index (χ0n) is 11.1. The van der Waals surface area contributed by atoms with E-state index in [0.29, 0.717) is 0 Å². The molecule has 0 aliphatic carbocycles. The molecule has 0 amide bonds. The highest BCUT2D eigenvalue weighted by atomic mass is 31.1. The van der Waals surface area contributed by atoms with Crippen LogP contribution in [-0.4, -0.2) is 35.5 Å². The third kappa shape index (κ3) is 2.79. The van der Waals surface area contributed by atoms with Crippen molar-refractivity contribution in [1.29, 1.82) is 0 Å². The minimum absolute atomic E-state index is 0.355. The number of hydrogen-bond donors (Lipinski definition) is 0. The minimum atomic E-state index is -0.355. The van der Waals surface area contributed by atoms with E-state index in [0.717, 1.165) is 0 Å². The maximum atomic E-state index is 5.75. The molecule has 3 rings (SSSR count). The number of hydrogen-bond acceptors (Lipinski definition) is 3. The molecular formula is C14H23N2OP. The summed E-state index contributed by atoms with van der Waals surface area (Å²) in [6.45, 7) is 5.01. The summed E-state index contributed by atoms with van der Waals surface area (Å²) in [6.07, 6.45) is 10.1. The maximum Gasteiger partial charge on any atom is 0.156 e. The third-order valence-electron chi connectivity index (χ3n) is 3.90. The van der Waals surface area contributed by atoms with Crippen LogP contribution in [0, 0.1) is 0 Å². The second kappa shape index (κ2) is 6.18. The lowest BCUT2D eigenvalue weighted by molar-refractivity contribution is 0.312. The maximum absolute atomic E-state index is 5.75. The van der Waals surface area contributed by atoms with Crippen LogP contribution >= 0.6 is 8.22 Å². The first-order valence-corrected chi connectivity index (χ1v) is 8.53. The Morgan fingerprint density at radius 1 is 0.833 bits per heavy atom. The highest BCUT2D eigenvalue weighted by molar-refractivity contribution is 7.60. The Morgan fingerprint density at radius 2 is 1.39 bits per heavy atom. The number of nitrogens with zero attached hydrogens (tertiary/aromatic N) is 2. The average Bonchev–Trinajstić information content (AvgIpc) is 2.95. The van der Waals surface area contributed by atoms with Gasteiger partial charge in [0.25, 0.3) is 0 Å². The van der Waals surface area contributed by atoms with Crippen LogP contribution in [0.5, 0.6) is 0 Å². The van der Waals surface area contributed by atoms with Gasteiger partial charge in [-0.25, -0.2) is 0 Å². The Hall–Kier alpha value is -0.370. The van der Waals surface area contributed by atoms with Gasteiger partial charge in [0.1, 0.15) is 8.22 Å². The predicted molar refractivity (Wildman–Crippen MR) is 76.1 cm³/mol. The summed E-state index contributed by atoms with van der Waals surface area (Å²) in [5, 5.41) is 0. The van der Waals surface area contributed by atoms with Crippen LogP contribution < -0.4 is 5.50 Å². The molecule has 0 saturated carbocycles. The largest absolute Gasteiger partial charge is 0.462 e. The van der Waals surface area contributed by atoms with Crippen LogP contribution in [0.3, 0.4) is 0 Å². The van der Waals surface area contributed by atoms with Crippen LogP contribution in [0.4, 0.5) is 0 Å². The Morgan fingerprint density at radius 3 is 1.83 bits per heavy atom. The first-order valence-electron chi connectivity index (χ1n) is 7.28. The van der Waals surface area contributed by atoms with Crippen molar-refractivity contribution in [3.05, 3.63) is 18.4 Å². The van der Waals surface area contributed by atoms with Gasteiger partial charge in [-0.2, -0.15) is 0 Å². The molecule has 3 nitrogen and oxygen atoms in total. The molecule has 2 aliphatic rings. The summed E-state index contributed by atoms with van der Waals surface area (Å²) in [5.74, 6) is 0. The molecule has 1 aromatic heterocycles. The van der Waals surface area contributed by atoms with Crippen molar-refractivity contribution >= 4 is 13.7 Å². The molecule has 0 unspecified atom stereocenters. The van der Waals surface area contributed by atoms with Gasteiger partial charge in [0.2, 0.25) is 0 Å². The van der Waals surface area contributed by atoms with E-state index >= 15 is 0 Å². The van der Waals surface area contributed by atoms with Crippen LogP contribution in [0.1, 0.15) is 38.5 Å². The van der Waals surface area contributed by atoms with Gasteiger partial charge in [-0.1, -0.05) is 12.8 Å². The van der Waals surface area contributed by atoms with Gasteiger partial charge in [-0.3, -0.25) is 9.34 Å². The Labute approximate surface area is 111 Å². The molecular weight excluding hydrogens is 243 g/mol. The fourth-order valence-corrected chi connectivity index (χ4v) is 5.59. The van der Waals surface area contributed by atoms with Crippen molar-refractivity contribution in [3.63, 3.8) is 0 Å². The van der Waals surface area contributed by atoms with Crippen molar-refractivity contribution in [2.75, 3.05) is 26.2 Å². The normalized spacial score (nSPS) is 23.6. The molecule has 18 heavy (non-hydrogen) atoms. The quantitative estimate of drug-likeness (QED) is 0.783. The summed E-state index contributed by atoms with van der Waals surface area (Å²) in [6, 6.07) is 4.22. The van der Waals surface area contributed by atoms with Gasteiger partial charge in [0.05, 0.1) is 6.26 Å². The van der Waals surface area contributed by atoms with Crippen LogP contribution in [0.25, 0.3) is 0 Å². The molecule has 2 aliphatic heterocycles. The number of piperidine rings is 2.